The zero-order chi connectivity index (χ0) is 22.0. The Morgan fingerprint density at radius 1 is 1.16 bits per heavy atom. The number of alkyl halides is 3. The molecular formula is C19H23F3N8O. The lowest BCUT2D eigenvalue weighted by molar-refractivity contribution is -0.168. The predicted molar refractivity (Wildman–Crippen MR) is 109 cm³/mol. The number of morpholine rings is 1. The number of anilines is 4. The lowest BCUT2D eigenvalue weighted by atomic mass is 10.0. The van der Waals surface area contributed by atoms with E-state index < -0.39 is 17.7 Å². The summed E-state index contributed by atoms with van der Waals surface area (Å²) in [6, 6.07) is 0. The molecule has 0 spiro atoms. The molecule has 166 valence electrons. The van der Waals surface area contributed by atoms with Crippen molar-refractivity contribution in [3.63, 3.8) is 0 Å². The maximum absolute atomic E-state index is 13.3. The molecule has 2 saturated heterocycles. The van der Waals surface area contributed by atoms with Crippen LogP contribution in [0.3, 0.4) is 0 Å². The molecule has 3 aliphatic rings. The third-order valence-corrected chi connectivity index (χ3v) is 6.08. The minimum absolute atomic E-state index is 0.0321. The van der Waals surface area contributed by atoms with Crippen molar-refractivity contribution in [2.45, 2.75) is 38.2 Å². The first-order chi connectivity index (χ1) is 14.6. The molecule has 0 amide bonds. The second kappa shape index (κ2) is 6.81. The van der Waals surface area contributed by atoms with Crippen molar-refractivity contribution in [1.82, 2.24) is 19.9 Å². The quantitative estimate of drug-likeness (QED) is 0.733. The second-order valence-corrected chi connectivity index (χ2v) is 8.56. The molecular weight excluding hydrogens is 413 g/mol. The standard InChI is InChI=1S/C19H23F3N8O/c1-18(2)16-26-12-14(29-4-3-11(9-29)19(20,21)22)27-13(10-7-24-17(23)25-8-10)28-15(12)30(16)5-6-31-18/h7-8,11,16,26H,3-6,9H2,1-2H3,(H2,23,24,25). The van der Waals surface area contributed by atoms with E-state index in [4.69, 9.17) is 15.5 Å². The Morgan fingerprint density at radius 3 is 2.55 bits per heavy atom. The molecule has 3 aliphatic heterocycles. The van der Waals surface area contributed by atoms with Crippen molar-refractivity contribution in [2.75, 3.05) is 47.1 Å². The van der Waals surface area contributed by atoms with Crippen molar-refractivity contribution in [1.29, 1.82) is 0 Å². The van der Waals surface area contributed by atoms with Gasteiger partial charge in [0.05, 0.1) is 18.1 Å². The number of ether oxygens (including phenoxy) is 1. The minimum Gasteiger partial charge on any atom is -0.370 e. The highest BCUT2D eigenvalue weighted by molar-refractivity contribution is 5.85. The summed E-state index contributed by atoms with van der Waals surface area (Å²) in [7, 11) is 0. The average Bonchev–Trinajstić information content (AvgIpc) is 3.34. The number of halogens is 3. The van der Waals surface area contributed by atoms with E-state index in [1.54, 1.807) is 4.90 Å². The fourth-order valence-electron chi connectivity index (χ4n) is 4.41. The number of nitrogens with one attached hydrogen (secondary N) is 1. The van der Waals surface area contributed by atoms with Crippen molar-refractivity contribution in [3.8, 4) is 11.4 Å². The molecule has 0 radical (unpaired) electrons. The van der Waals surface area contributed by atoms with Crippen LogP contribution in [-0.4, -0.2) is 64.1 Å². The zero-order valence-corrected chi connectivity index (χ0v) is 17.1. The number of fused-ring (bicyclic) bond motifs is 3. The molecule has 0 aromatic carbocycles. The Bertz CT molecular complexity index is 997. The fraction of sp³-hybridized carbons (Fsp3) is 0.579. The molecule has 2 aromatic heterocycles. The molecule has 31 heavy (non-hydrogen) atoms. The van der Waals surface area contributed by atoms with Gasteiger partial charge in [0.1, 0.15) is 17.5 Å². The largest absolute Gasteiger partial charge is 0.393 e. The third kappa shape index (κ3) is 3.38. The van der Waals surface area contributed by atoms with Crippen LogP contribution in [0.5, 0.6) is 0 Å². The second-order valence-electron chi connectivity index (χ2n) is 8.56. The smallest absolute Gasteiger partial charge is 0.370 e. The van der Waals surface area contributed by atoms with Crippen molar-refractivity contribution in [2.24, 2.45) is 5.92 Å². The third-order valence-electron chi connectivity index (χ3n) is 6.08. The van der Waals surface area contributed by atoms with Crippen LogP contribution in [0.2, 0.25) is 0 Å². The number of hydrogen-bond donors (Lipinski definition) is 2. The lowest BCUT2D eigenvalue weighted by Gasteiger charge is -2.42. The molecule has 2 aromatic rings. The first-order valence-corrected chi connectivity index (χ1v) is 10.1. The Balaban J connectivity index is 1.60. The van der Waals surface area contributed by atoms with E-state index in [-0.39, 0.29) is 31.6 Å². The lowest BCUT2D eigenvalue weighted by Crippen LogP contribution is -2.58. The predicted octanol–water partition coefficient (Wildman–Crippen LogP) is 2.27. The monoisotopic (exact) mass is 436 g/mol. The molecule has 2 atom stereocenters. The molecule has 5 rings (SSSR count). The highest BCUT2D eigenvalue weighted by atomic mass is 19.4. The van der Waals surface area contributed by atoms with Gasteiger partial charge in [0.25, 0.3) is 0 Å². The van der Waals surface area contributed by atoms with E-state index in [0.29, 0.717) is 41.9 Å². The highest BCUT2D eigenvalue weighted by Gasteiger charge is 2.48. The summed E-state index contributed by atoms with van der Waals surface area (Å²) in [4.78, 5) is 21.1. The van der Waals surface area contributed by atoms with E-state index in [9.17, 15) is 13.2 Å². The summed E-state index contributed by atoms with van der Waals surface area (Å²) in [6.45, 7) is 5.19. The van der Waals surface area contributed by atoms with Crippen molar-refractivity contribution < 1.29 is 17.9 Å². The van der Waals surface area contributed by atoms with Crippen LogP contribution in [0.15, 0.2) is 12.4 Å². The molecule has 0 bridgehead atoms. The zero-order valence-electron chi connectivity index (χ0n) is 17.1. The number of aromatic nitrogens is 4. The Hall–Kier alpha value is -2.89. The summed E-state index contributed by atoms with van der Waals surface area (Å²) in [5, 5.41) is 3.42. The van der Waals surface area contributed by atoms with Crippen molar-refractivity contribution in [3.05, 3.63) is 12.4 Å². The van der Waals surface area contributed by atoms with Crippen LogP contribution >= 0.6 is 0 Å². The van der Waals surface area contributed by atoms with Gasteiger partial charge >= 0.3 is 6.18 Å². The maximum atomic E-state index is 13.3. The number of hydrogen-bond acceptors (Lipinski definition) is 9. The molecule has 0 aliphatic carbocycles. The summed E-state index contributed by atoms with van der Waals surface area (Å²) >= 11 is 0. The van der Waals surface area contributed by atoms with E-state index in [1.807, 2.05) is 13.8 Å². The van der Waals surface area contributed by atoms with Crippen LogP contribution in [0.4, 0.5) is 36.4 Å². The first-order valence-electron chi connectivity index (χ1n) is 10.1. The molecule has 2 fully saturated rings. The number of nitrogens with zero attached hydrogens (tertiary/aromatic N) is 6. The normalized spacial score (nSPS) is 24.7. The van der Waals surface area contributed by atoms with Crippen LogP contribution < -0.4 is 20.9 Å². The topological polar surface area (TPSA) is 105 Å². The van der Waals surface area contributed by atoms with E-state index in [1.165, 1.54) is 12.4 Å². The van der Waals surface area contributed by atoms with Gasteiger partial charge < -0.3 is 25.6 Å². The molecule has 5 heterocycles. The van der Waals surface area contributed by atoms with Gasteiger partial charge in [-0.15, -0.1) is 0 Å². The summed E-state index contributed by atoms with van der Waals surface area (Å²) in [5.74, 6) is 0.179. The average molecular weight is 436 g/mol. The minimum atomic E-state index is -4.24. The van der Waals surface area contributed by atoms with Gasteiger partial charge in [0.2, 0.25) is 5.95 Å². The van der Waals surface area contributed by atoms with Crippen LogP contribution in [0, 0.1) is 5.92 Å². The molecule has 3 N–H and O–H groups in total. The molecule has 12 heteroatoms. The fourth-order valence-corrected chi connectivity index (χ4v) is 4.41. The Kier molecular flexibility index (Phi) is 4.40. The van der Waals surface area contributed by atoms with Gasteiger partial charge in [0.15, 0.2) is 17.5 Å². The van der Waals surface area contributed by atoms with Crippen LogP contribution in [0.25, 0.3) is 11.4 Å². The van der Waals surface area contributed by atoms with Gasteiger partial charge in [-0.25, -0.2) is 19.9 Å². The van der Waals surface area contributed by atoms with Gasteiger partial charge in [-0.3, -0.25) is 0 Å². The van der Waals surface area contributed by atoms with Gasteiger partial charge in [0, 0.05) is 32.0 Å². The van der Waals surface area contributed by atoms with Gasteiger partial charge in [-0.05, 0) is 20.3 Å². The Morgan fingerprint density at radius 2 is 1.87 bits per heavy atom. The van der Waals surface area contributed by atoms with Crippen molar-refractivity contribution >= 4 is 23.3 Å². The van der Waals surface area contributed by atoms with Crippen LogP contribution in [-0.2, 0) is 4.74 Å². The van der Waals surface area contributed by atoms with Crippen LogP contribution in [0.1, 0.15) is 20.3 Å². The molecule has 9 nitrogen and oxygen atoms in total. The summed E-state index contributed by atoms with van der Waals surface area (Å²) in [5.41, 5.74) is 6.25. The maximum Gasteiger partial charge on any atom is 0.393 e. The van der Waals surface area contributed by atoms with Gasteiger partial charge in [-0.1, -0.05) is 0 Å². The number of nitrogen functional groups attached to an aromatic ring is 1. The summed E-state index contributed by atoms with van der Waals surface area (Å²) < 4.78 is 45.9. The number of nitrogens with two attached hydrogens (primary N) is 1. The Labute approximate surface area is 176 Å². The molecule has 2 unspecified atom stereocenters. The van der Waals surface area contributed by atoms with E-state index in [0.717, 1.165) is 0 Å². The first kappa shape index (κ1) is 20.0. The summed E-state index contributed by atoms with van der Waals surface area (Å²) in [6.07, 6.45) is -1.38. The molecule has 0 saturated carbocycles. The van der Waals surface area contributed by atoms with Gasteiger partial charge in [-0.2, -0.15) is 13.2 Å². The van der Waals surface area contributed by atoms with E-state index in [2.05, 4.69) is 25.2 Å². The highest BCUT2D eigenvalue weighted by Crippen LogP contribution is 2.46. The number of rotatable bonds is 2. The van der Waals surface area contributed by atoms with E-state index >= 15 is 0 Å². The SMILES string of the molecule is CC1(C)OCCN2c3nc(-c4cnc(N)nc4)nc(N4CCC(C(F)(F)F)C4)c3NC21.